The molecule has 2 bridgehead atoms. The van der Waals surface area contributed by atoms with E-state index < -0.39 is 0 Å². The predicted molar refractivity (Wildman–Crippen MR) is 43.8 cm³/mol. The Balaban J connectivity index is 2.00. The summed E-state index contributed by atoms with van der Waals surface area (Å²) in [5.74, 6) is 3.30. The molecule has 2 fully saturated rings. The van der Waals surface area contributed by atoms with E-state index >= 15 is 0 Å². The summed E-state index contributed by atoms with van der Waals surface area (Å²) in [6.07, 6.45) is 9.24. The van der Waals surface area contributed by atoms with Crippen LogP contribution in [-0.2, 0) is 0 Å². The Morgan fingerprint density at radius 3 is 2.70 bits per heavy atom. The molecule has 10 heavy (non-hydrogen) atoms. The van der Waals surface area contributed by atoms with Gasteiger partial charge in [0, 0.05) is 0 Å². The zero-order valence-electron chi connectivity index (χ0n) is 6.97. The highest BCUT2D eigenvalue weighted by molar-refractivity contribution is 4.81. The average Bonchev–Trinajstić information content (AvgIpc) is 1.99. The van der Waals surface area contributed by atoms with E-state index in [1.807, 2.05) is 0 Å². The Labute approximate surface area is 64.0 Å². The van der Waals surface area contributed by atoms with Gasteiger partial charge in [-0.3, -0.25) is 0 Å². The standard InChI is InChI=1S/C10H18/c1-8-5-6-9-3-2-4-10(8)7-9/h8-10H,2-7H2,1H3. The zero-order valence-corrected chi connectivity index (χ0v) is 6.97. The maximum absolute atomic E-state index is 2.45. The first-order valence-corrected chi connectivity index (χ1v) is 4.86. The second-order valence-electron chi connectivity index (χ2n) is 4.35. The molecule has 2 saturated carbocycles. The summed E-state index contributed by atoms with van der Waals surface area (Å²) in [5, 5.41) is 0. The molecule has 0 nitrogen and oxygen atoms in total. The molecule has 0 aromatic heterocycles. The van der Waals surface area contributed by atoms with Gasteiger partial charge in [0.25, 0.3) is 0 Å². The van der Waals surface area contributed by atoms with Gasteiger partial charge in [0.2, 0.25) is 0 Å². The van der Waals surface area contributed by atoms with Crippen molar-refractivity contribution >= 4 is 0 Å². The van der Waals surface area contributed by atoms with Crippen molar-refractivity contribution in [3.8, 4) is 0 Å². The minimum Gasteiger partial charge on any atom is -0.0622 e. The minimum absolute atomic E-state index is 1.05. The third-order valence-electron chi connectivity index (χ3n) is 3.66. The Morgan fingerprint density at radius 2 is 1.90 bits per heavy atom. The lowest BCUT2D eigenvalue weighted by atomic mass is 9.67. The molecule has 2 aliphatic rings. The molecule has 0 heteroatoms. The highest BCUT2D eigenvalue weighted by atomic mass is 14.4. The average molecular weight is 138 g/mol. The van der Waals surface area contributed by atoms with Crippen molar-refractivity contribution in [2.24, 2.45) is 17.8 Å². The van der Waals surface area contributed by atoms with E-state index in [9.17, 15) is 0 Å². The van der Waals surface area contributed by atoms with Crippen molar-refractivity contribution in [2.45, 2.75) is 45.4 Å². The Kier molecular flexibility index (Phi) is 1.71. The molecule has 0 N–H and O–H groups in total. The number of hydrogen-bond acceptors (Lipinski definition) is 0. The van der Waals surface area contributed by atoms with Gasteiger partial charge in [0.15, 0.2) is 0 Å². The van der Waals surface area contributed by atoms with E-state index in [0.29, 0.717) is 0 Å². The summed E-state index contributed by atoms with van der Waals surface area (Å²) in [7, 11) is 0. The van der Waals surface area contributed by atoms with Gasteiger partial charge in [-0.15, -0.1) is 0 Å². The van der Waals surface area contributed by atoms with Crippen molar-refractivity contribution in [1.29, 1.82) is 0 Å². The Hall–Kier alpha value is 0. The van der Waals surface area contributed by atoms with Crippen LogP contribution in [0.2, 0.25) is 0 Å². The highest BCUT2D eigenvalue weighted by Gasteiger charge is 2.30. The monoisotopic (exact) mass is 138 g/mol. The van der Waals surface area contributed by atoms with E-state index in [4.69, 9.17) is 0 Å². The second kappa shape index (κ2) is 2.56. The van der Waals surface area contributed by atoms with Crippen molar-refractivity contribution in [1.82, 2.24) is 0 Å². The predicted octanol–water partition coefficient (Wildman–Crippen LogP) is 3.22. The third-order valence-corrected chi connectivity index (χ3v) is 3.66. The fraction of sp³-hybridized carbons (Fsp3) is 1.00. The first-order chi connectivity index (χ1) is 4.86. The van der Waals surface area contributed by atoms with Gasteiger partial charge in [0.1, 0.15) is 0 Å². The largest absolute Gasteiger partial charge is 0.0622 e. The quantitative estimate of drug-likeness (QED) is 0.482. The lowest BCUT2D eigenvalue weighted by Gasteiger charge is -2.38. The molecular formula is C10H18. The molecule has 0 aromatic carbocycles. The van der Waals surface area contributed by atoms with Crippen LogP contribution < -0.4 is 0 Å². The number of hydrogen-bond donors (Lipinski definition) is 0. The van der Waals surface area contributed by atoms with Crippen LogP contribution in [0.4, 0.5) is 0 Å². The third kappa shape index (κ3) is 1.09. The normalized spacial score (nSPS) is 47.1. The molecule has 0 aromatic rings. The molecule has 0 heterocycles. The SMILES string of the molecule is CC1CCC2CCCC1C2. The van der Waals surface area contributed by atoms with Crippen LogP contribution in [-0.4, -0.2) is 0 Å². The van der Waals surface area contributed by atoms with Crippen LogP contribution in [0, 0.1) is 17.8 Å². The van der Waals surface area contributed by atoms with Crippen LogP contribution in [0.3, 0.4) is 0 Å². The first-order valence-electron chi connectivity index (χ1n) is 4.86. The molecule has 0 spiro atoms. The van der Waals surface area contributed by atoms with Crippen LogP contribution in [0.5, 0.6) is 0 Å². The van der Waals surface area contributed by atoms with E-state index in [0.717, 1.165) is 17.8 Å². The summed E-state index contributed by atoms with van der Waals surface area (Å²) in [6, 6.07) is 0. The molecular weight excluding hydrogens is 120 g/mol. The van der Waals surface area contributed by atoms with Crippen molar-refractivity contribution in [3.63, 3.8) is 0 Å². The van der Waals surface area contributed by atoms with Gasteiger partial charge in [0.05, 0.1) is 0 Å². The van der Waals surface area contributed by atoms with Gasteiger partial charge < -0.3 is 0 Å². The van der Waals surface area contributed by atoms with Crippen LogP contribution in [0.1, 0.15) is 45.4 Å². The smallest absolute Gasteiger partial charge is 0.0386 e. The maximum Gasteiger partial charge on any atom is -0.0386 e. The molecule has 58 valence electrons. The lowest BCUT2D eigenvalue weighted by Crippen LogP contribution is -2.26. The summed E-state index contributed by atoms with van der Waals surface area (Å²) >= 11 is 0. The van der Waals surface area contributed by atoms with Gasteiger partial charge in [-0.25, -0.2) is 0 Å². The van der Waals surface area contributed by atoms with Crippen molar-refractivity contribution in [2.75, 3.05) is 0 Å². The maximum atomic E-state index is 2.45. The summed E-state index contributed by atoms with van der Waals surface area (Å²) in [5.41, 5.74) is 0. The summed E-state index contributed by atoms with van der Waals surface area (Å²) < 4.78 is 0. The summed E-state index contributed by atoms with van der Waals surface area (Å²) in [6.45, 7) is 2.45. The van der Waals surface area contributed by atoms with E-state index in [1.54, 1.807) is 12.8 Å². The molecule has 2 rings (SSSR count). The first kappa shape index (κ1) is 6.69. The van der Waals surface area contributed by atoms with Gasteiger partial charge in [-0.2, -0.15) is 0 Å². The molecule has 0 saturated heterocycles. The fourth-order valence-electron chi connectivity index (χ4n) is 2.85. The van der Waals surface area contributed by atoms with E-state index in [1.165, 1.54) is 25.7 Å². The molecule has 3 unspecified atom stereocenters. The van der Waals surface area contributed by atoms with Crippen LogP contribution in [0.15, 0.2) is 0 Å². The van der Waals surface area contributed by atoms with E-state index in [-0.39, 0.29) is 0 Å². The topological polar surface area (TPSA) is 0 Å². The van der Waals surface area contributed by atoms with Crippen LogP contribution >= 0.6 is 0 Å². The Bertz CT molecular complexity index is 115. The zero-order chi connectivity index (χ0) is 6.97. The molecule has 0 amide bonds. The summed E-state index contributed by atoms with van der Waals surface area (Å²) in [4.78, 5) is 0. The molecule has 0 aliphatic heterocycles. The van der Waals surface area contributed by atoms with Crippen molar-refractivity contribution < 1.29 is 0 Å². The van der Waals surface area contributed by atoms with Crippen LogP contribution in [0.25, 0.3) is 0 Å². The highest BCUT2D eigenvalue weighted by Crippen LogP contribution is 2.42. The fourth-order valence-corrected chi connectivity index (χ4v) is 2.85. The molecule has 2 aliphatic carbocycles. The lowest BCUT2D eigenvalue weighted by molar-refractivity contribution is 0.133. The Morgan fingerprint density at radius 1 is 1.00 bits per heavy atom. The van der Waals surface area contributed by atoms with E-state index in [2.05, 4.69) is 6.92 Å². The number of rotatable bonds is 0. The minimum atomic E-state index is 1.05. The second-order valence-corrected chi connectivity index (χ2v) is 4.35. The van der Waals surface area contributed by atoms with Gasteiger partial charge >= 0.3 is 0 Å². The molecule has 3 atom stereocenters. The van der Waals surface area contributed by atoms with Gasteiger partial charge in [-0.1, -0.05) is 39.0 Å². The van der Waals surface area contributed by atoms with Gasteiger partial charge in [-0.05, 0) is 24.2 Å². The van der Waals surface area contributed by atoms with Crippen molar-refractivity contribution in [3.05, 3.63) is 0 Å². The molecule has 0 radical (unpaired) electrons. The number of fused-ring (bicyclic) bond motifs is 2.